The Balaban J connectivity index is 1.73. The molecule has 1 unspecified atom stereocenters. The van der Waals surface area contributed by atoms with Crippen molar-refractivity contribution in [2.45, 2.75) is 13.0 Å². The van der Waals surface area contributed by atoms with Crippen LogP contribution in [0.4, 0.5) is 0 Å². The van der Waals surface area contributed by atoms with Crippen LogP contribution in [0.25, 0.3) is 11.1 Å². The third kappa shape index (κ3) is 3.29. The molecule has 1 saturated heterocycles. The molecule has 0 radical (unpaired) electrons. The molecule has 4 heteroatoms. The molecule has 0 bridgehead atoms. The molecular weight excluding hydrogens is 276 g/mol. The molecule has 116 valence electrons. The fourth-order valence-electron chi connectivity index (χ4n) is 2.80. The van der Waals surface area contributed by atoms with E-state index < -0.39 is 0 Å². The zero-order chi connectivity index (χ0) is 15.4. The number of morpholine rings is 1. The maximum Gasteiger partial charge on any atom is 0.212 e. The molecule has 0 N–H and O–H groups in total. The number of nitrogens with zero attached hydrogens (tertiary/aromatic N) is 2. The Hall–Kier alpha value is -1.91. The molecule has 2 aromatic rings. The first kappa shape index (κ1) is 15.0. The summed E-state index contributed by atoms with van der Waals surface area (Å²) >= 11 is 0. The van der Waals surface area contributed by atoms with Crippen molar-refractivity contribution in [2.24, 2.45) is 0 Å². The van der Waals surface area contributed by atoms with Gasteiger partial charge in [0.25, 0.3) is 0 Å². The lowest BCUT2D eigenvalue weighted by Gasteiger charge is -2.32. The standard InChI is InChI=1S/C18H22N2O2/c1-14(20-9-11-22-12-10-20)15-3-5-16(6-4-15)17-7-8-18(21-2)19-13-17/h3-8,13-14H,9-12H2,1-2H3. The quantitative estimate of drug-likeness (QED) is 0.868. The monoisotopic (exact) mass is 298 g/mol. The molecule has 1 aliphatic heterocycles. The molecule has 0 aliphatic carbocycles. The SMILES string of the molecule is COc1ccc(-c2ccc(C(C)N3CCOCC3)cc2)cn1. The van der Waals surface area contributed by atoms with Crippen molar-refractivity contribution in [1.29, 1.82) is 0 Å². The summed E-state index contributed by atoms with van der Waals surface area (Å²) in [7, 11) is 1.63. The maximum atomic E-state index is 5.42. The highest BCUT2D eigenvalue weighted by Crippen LogP contribution is 2.25. The molecule has 2 heterocycles. The minimum absolute atomic E-state index is 0.423. The second-order valence-corrected chi connectivity index (χ2v) is 5.54. The minimum Gasteiger partial charge on any atom is -0.481 e. The Bertz CT molecular complexity index is 589. The molecule has 0 amide bonds. The normalized spacial score (nSPS) is 17.2. The van der Waals surface area contributed by atoms with Crippen molar-refractivity contribution < 1.29 is 9.47 Å². The number of ether oxygens (including phenoxy) is 2. The van der Waals surface area contributed by atoms with Crippen LogP contribution in [0.2, 0.25) is 0 Å². The minimum atomic E-state index is 0.423. The Morgan fingerprint density at radius 3 is 2.32 bits per heavy atom. The molecule has 3 rings (SSSR count). The molecule has 1 aliphatic rings. The number of aromatic nitrogens is 1. The van der Waals surface area contributed by atoms with Crippen LogP contribution in [0.15, 0.2) is 42.6 Å². The van der Waals surface area contributed by atoms with Crippen LogP contribution >= 0.6 is 0 Å². The molecule has 0 saturated carbocycles. The van der Waals surface area contributed by atoms with E-state index >= 15 is 0 Å². The highest BCUT2D eigenvalue weighted by Gasteiger charge is 2.18. The van der Waals surface area contributed by atoms with E-state index in [-0.39, 0.29) is 0 Å². The van der Waals surface area contributed by atoms with Gasteiger partial charge in [0.1, 0.15) is 0 Å². The number of hydrogen-bond donors (Lipinski definition) is 0. The van der Waals surface area contributed by atoms with E-state index in [0.717, 1.165) is 31.9 Å². The highest BCUT2D eigenvalue weighted by molar-refractivity contribution is 5.63. The maximum absolute atomic E-state index is 5.42. The largest absolute Gasteiger partial charge is 0.481 e. The van der Waals surface area contributed by atoms with Crippen molar-refractivity contribution in [2.75, 3.05) is 33.4 Å². The van der Waals surface area contributed by atoms with Gasteiger partial charge >= 0.3 is 0 Å². The number of pyridine rings is 1. The van der Waals surface area contributed by atoms with Crippen LogP contribution < -0.4 is 4.74 Å². The van der Waals surface area contributed by atoms with Gasteiger partial charge in [-0.25, -0.2) is 4.98 Å². The molecule has 1 atom stereocenters. The summed E-state index contributed by atoms with van der Waals surface area (Å²) in [6.07, 6.45) is 1.85. The molecular formula is C18H22N2O2. The van der Waals surface area contributed by atoms with Crippen LogP contribution in [0, 0.1) is 0 Å². The van der Waals surface area contributed by atoms with Gasteiger partial charge in [-0.05, 0) is 24.1 Å². The average molecular weight is 298 g/mol. The summed E-state index contributed by atoms with van der Waals surface area (Å²) in [5, 5.41) is 0. The predicted octanol–water partition coefficient (Wildman–Crippen LogP) is 3.15. The van der Waals surface area contributed by atoms with Crippen LogP contribution in [0.5, 0.6) is 5.88 Å². The lowest BCUT2D eigenvalue weighted by Crippen LogP contribution is -2.37. The van der Waals surface area contributed by atoms with E-state index in [9.17, 15) is 0 Å². The van der Waals surface area contributed by atoms with Crippen LogP contribution in [-0.2, 0) is 4.74 Å². The Kier molecular flexibility index (Phi) is 4.71. The molecule has 4 nitrogen and oxygen atoms in total. The topological polar surface area (TPSA) is 34.6 Å². The van der Waals surface area contributed by atoms with E-state index in [2.05, 4.69) is 41.1 Å². The van der Waals surface area contributed by atoms with E-state index in [1.165, 1.54) is 11.1 Å². The summed E-state index contributed by atoms with van der Waals surface area (Å²) in [6, 6.07) is 13.1. The summed E-state index contributed by atoms with van der Waals surface area (Å²) in [4.78, 5) is 6.73. The number of methoxy groups -OCH3 is 1. The molecule has 1 fully saturated rings. The second-order valence-electron chi connectivity index (χ2n) is 5.54. The zero-order valence-corrected chi connectivity index (χ0v) is 13.2. The fourth-order valence-corrected chi connectivity index (χ4v) is 2.80. The van der Waals surface area contributed by atoms with Crippen molar-refractivity contribution in [3.05, 3.63) is 48.2 Å². The zero-order valence-electron chi connectivity index (χ0n) is 13.2. The lowest BCUT2D eigenvalue weighted by atomic mass is 10.0. The van der Waals surface area contributed by atoms with Gasteiger partial charge in [0, 0.05) is 37.0 Å². The van der Waals surface area contributed by atoms with Crippen LogP contribution in [0.3, 0.4) is 0 Å². The first-order valence-electron chi connectivity index (χ1n) is 7.70. The summed E-state index contributed by atoms with van der Waals surface area (Å²) in [5.41, 5.74) is 3.62. The second kappa shape index (κ2) is 6.90. The predicted molar refractivity (Wildman–Crippen MR) is 87.0 cm³/mol. The summed E-state index contributed by atoms with van der Waals surface area (Å²) in [5.74, 6) is 0.640. The van der Waals surface area contributed by atoms with Gasteiger partial charge < -0.3 is 9.47 Å². The molecule has 22 heavy (non-hydrogen) atoms. The van der Waals surface area contributed by atoms with Gasteiger partial charge in [-0.1, -0.05) is 24.3 Å². The number of hydrogen-bond acceptors (Lipinski definition) is 4. The smallest absolute Gasteiger partial charge is 0.212 e. The third-order valence-electron chi connectivity index (χ3n) is 4.27. The van der Waals surface area contributed by atoms with E-state index in [0.29, 0.717) is 11.9 Å². The summed E-state index contributed by atoms with van der Waals surface area (Å²) in [6.45, 7) is 5.94. The van der Waals surface area contributed by atoms with Gasteiger partial charge in [-0.15, -0.1) is 0 Å². The van der Waals surface area contributed by atoms with E-state index in [1.54, 1.807) is 7.11 Å². The van der Waals surface area contributed by atoms with Gasteiger partial charge in [-0.2, -0.15) is 0 Å². The summed E-state index contributed by atoms with van der Waals surface area (Å²) < 4.78 is 10.5. The average Bonchev–Trinajstić information content (AvgIpc) is 2.62. The van der Waals surface area contributed by atoms with Crippen LogP contribution in [0.1, 0.15) is 18.5 Å². The Morgan fingerprint density at radius 1 is 1.05 bits per heavy atom. The number of rotatable bonds is 4. The van der Waals surface area contributed by atoms with Crippen molar-refractivity contribution in [1.82, 2.24) is 9.88 Å². The van der Waals surface area contributed by atoms with Crippen molar-refractivity contribution in [3.63, 3.8) is 0 Å². The first-order chi connectivity index (χ1) is 10.8. The van der Waals surface area contributed by atoms with E-state index in [1.807, 2.05) is 18.3 Å². The highest BCUT2D eigenvalue weighted by atomic mass is 16.5. The molecule has 1 aromatic carbocycles. The Morgan fingerprint density at radius 2 is 1.73 bits per heavy atom. The van der Waals surface area contributed by atoms with Gasteiger partial charge in [0.05, 0.1) is 20.3 Å². The van der Waals surface area contributed by atoms with Gasteiger partial charge in [0.2, 0.25) is 5.88 Å². The third-order valence-corrected chi connectivity index (χ3v) is 4.27. The van der Waals surface area contributed by atoms with Crippen molar-refractivity contribution >= 4 is 0 Å². The molecule has 0 spiro atoms. The molecule has 1 aromatic heterocycles. The van der Waals surface area contributed by atoms with Gasteiger partial charge in [-0.3, -0.25) is 4.90 Å². The van der Waals surface area contributed by atoms with Crippen LogP contribution in [-0.4, -0.2) is 43.3 Å². The first-order valence-corrected chi connectivity index (χ1v) is 7.70. The van der Waals surface area contributed by atoms with Crippen molar-refractivity contribution in [3.8, 4) is 17.0 Å². The Labute approximate surface area is 131 Å². The van der Waals surface area contributed by atoms with E-state index in [4.69, 9.17) is 9.47 Å². The lowest BCUT2D eigenvalue weighted by molar-refractivity contribution is 0.0198. The number of benzene rings is 1. The van der Waals surface area contributed by atoms with Gasteiger partial charge in [0.15, 0.2) is 0 Å². The fraction of sp³-hybridized carbons (Fsp3) is 0.389.